The second kappa shape index (κ2) is 5.26. The lowest BCUT2D eigenvalue weighted by Gasteiger charge is -2.14. The van der Waals surface area contributed by atoms with Crippen LogP contribution in [0.2, 0.25) is 5.02 Å². The van der Waals surface area contributed by atoms with Gasteiger partial charge in [0.1, 0.15) is 6.10 Å². The van der Waals surface area contributed by atoms with Crippen molar-refractivity contribution < 1.29 is 15.0 Å². The molecule has 4 heteroatoms. The summed E-state index contributed by atoms with van der Waals surface area (Å²) in [5.74, 6) is -0.434. The molecule has 0 saturated carbocycles. The minimum atomic E-state index is -1.32. The molecule has 0 aliphatic carbocycles. The monoisotopic (exact) mass is 228 g/mol. The van der Waals surface area contributed by atoms with Crippen LogP contribution in [0.3, 0.4) is 0 Å². The summed E-state index contributed by atoms with van der Waals surface area (Å²) in [6.07, 6.45) is -2.15. The van der Waals surface area contributed by atoms with Gasteiger partial charge in [-0.3, -0.25) is 4.79 Å². The number of ketones is 1. The van der Waals surface area contributed by atoms with Crippen molar-refractivity contribution in [3.63, 3.8) is 0 Å². The molecule has 0 heterocycles. The van der Waals surface area contributed by atoms with Crippen molar-refractivity contribution >= 4 is 17.4 Å². The van der Waals surface area contributed by atoms with E-state index in [1.807, 2.05) is 0 Å². The molecule has 0 aromatic heterocycles. The summed E-state index contributed by atoms with van der Waals surface area (Å²) in [6, 6.07) is 6.89. The summed E-state index contributed by atoms with van der Waals surface area (Å²) in [6.45, 7) is 1.25. The Morgan fingerprint density at radius 3 is 2.33 bits per heavy atom. The Hall–Kier alpha value is -0.900. The number of rotatable bonds is 4. The topological polar surface area (TPSA) is 57.5 Å². The van der Waals surface area contributed by atoms with E-state index in [4.69, 9.17) is 11.6 Å². The van der Waals surface area contributed by atoms with E-state index < -0.39 is 18.0 Å². The third-order valence-corrected chi connectivity index (χ3v) is 2.39. The third-order valence-electron chi connectivity index (χ3n) is 2.14. The van der Waals surface area contributed by atoms with Gasteiger partial charge in [-0.15, -0.1) is 0 Å². The first-order valence-electron chi connectivity index (χ1n) is 4.61. The standard InChI is InChI=1S/C11H13ClO3/c1-7(13)11(15)10(14)6-8-2-4-9(12)5-3-8/h2-5,10-11,14-15H,6H2,1H3/t10-,11-/m1/s1. The van der Waals surface area contributed by atoms with Crippen molar-refractivity contribution in [1.29, 1.82) is 0 Å². The molecule has 0 fully saturated rings. The van der Waals surface area contributed by atoms with Gasteiger partial charge in [0, 0.05) is 11.4 Å². The average molecular weight is 229 g/mol. The van der Waals surface area contributed by atoms with E-state index in [-0.39, 0.29) is 6.42 Å². The second-order valence-electron chi connectivity index (χ2n) is 3.45. The zero-order valence-corrected chi connectivity index (χ0v) is 9.11. The molecule has 1 rings (SSSR count). The Morgan fingerprint density at radius 1 is 1.33 bits per heavy atom. The number of hydrogen-bond donors (Lipinski definition) is 2. The molecule has 1 aromatic rings. The molecule has 0 aliphatic heterocycles. The third kappa shape index (κ3) is 3.63. The van der Waals surface area contributed by atoms with Crippen LogP contribution in [0.4, 0.5) is 0 Å². The van der Waals surface area contributed by atoms with Gasteiger partial charge in [0.15, 0.2) is 5.78 Å². The number of carbonyl (C=O) groups excluding carboxylic acids is 1. The Balaban J connectivity index is 2.62. The molecule has 0 saturated heterocycles. The van der Waals surface area contributed by atoms with Gasteiger partial charge in [0.05, 0.1) is 6.10 Å². The van der Waals surface area contributed by atoms with E-state index in [0.29, 0.717) is 5.02 Å². The van der Waals surface area contributed by atoms with E-state index in [1.165, 1.54) is 6.92 Å². The molecule has 0 radical (unpaired) electrons. The number of Topliss-reactive ketones (excluding diaryl/α,β-unsaturated/α-hetero) is 1. The number of aliphatic hydroxyl groups excluding tert-OH is 2. The van der Waals surface area contributed by atoms with Crippen LogP contribution < -0.4 is 0 Å². The largest absolute Gasteiger partial charge is 0.390 e. The van der Waals surface area contributed by atoms with E-state index in [0.717, 1.165) is 5.56 Å². The lowest BCUT2D eigenvalue weighted by molar-refractivity contribution is -0.130. The Bertz CT molecular complexity index is 334. The van der Waals surface area contributed by atoms with Gasteiger partial charge >= 0.3 is 0 Å². The average Bonchev–Trinajstić information content (AvgIpc) is 2.20. The van der Waals surface area contributed by atoms with E-state index in [1.54, 1.807) is 24.3 Å². The predicted molar refractivity (Wildman–Crippen MR) is 57.9 cm³/mol. The Labute approximate surface area is 93.3 Å². The highest BCUT2D eigenvalue weighted by Crippen LogP contribution is 2.12. The molecule has 82 valence electrons. The molecule has 0 amide bonds. The summed E-state index contributed by atoms with van der Waals surface area (Å²) >= 11 is 5.70. The zero-order valence-electron chi connectivity index (χ0n) is 8.35. The van der Waals surface area contributed by atoms with Crippen molar-refractivity contribution in [2.45, 2.75) is 25.6 Å². The van der Waals surface area contributed by atoms with E-state index in [9.17, 15) is 15.0 Å². The summed E-state index contributed by atoms with van der Waals surface area (Å²) in [4.78, 5) is 10.8. The molecule has 0 spiro atoms. The van der Waals surface area contributed by atoms with Gasteiger partial charge in [-0.05, 0) is 24.6 Å². The summed E-state index contributed by atoms with van der Waals surface area (Å²) in [7, 11) is 0. The molecule has 15 heavy (non-hydrogen) atoms. The summed E-state index contributed by atoms with van der Waals surface area (Å²) in [5, 5.41) is 19.4. The van der Waals surface area contributed by atoms with Gasteiger partial charge in [-0.2, -0.15) is 0 Å². The molecular weight excluding hydrogens is 216 g/mol. The van der Waals surface area contributed by atoms with Crippen LogP contribution in [0, 0.1) is 0 Å². The zero-order chi connectivity index (χ0) is 11.4. The van der Waals surface area contributed by atoms with Crippen LogP contribution in [-0.4, -0.2) is 28.2 Å². The van der Waals surface area contributed by atoms with Gasteiger partial charge < -0.3 is 10.2 Å². The number of carbonyl (C=O) groups is 1. The molecule has 1 aromatic carbocycles. The van der Waals surface area contributed by atoms with Crippen molar-refractivity contribution in [3.8, 4) is 0 Å². The van der Waals surface area contributed by atoms with Gasteiger partial charge in [-0.25, -0.2) is 0 Å². The minimum Gasteiger partial charge on any atom is -0.390 e. The fourth-order valence-electron chi connectivity index (χ4n) is 1.24. The molecule has 2 N–H and O–H groups in total. The fraction of sp³-hybridized carbons (Fsp3) is 0.364. The number of halogens is 1. The quantitative estimate of drug-likeness (QED) is 0.814. The lowest BCUT2D eigenvalue weighted by atomic mass is 10.0. The second-order valence-corrected chi connectivity index (χ2v) is 3.89. The number of hydrogen-bond acceptors (Lipinski definition) is 3. The summed E-state index contributed by atoms with van der Waals surface area (Å²) < 4.78 is 0. The molecule has 3 nitrogen and oxygen atoms in total. The summed E-state index contributed by atoms with van der Waals surface area (Å²) in [5.41, 5.74) is 0.826. The van der Waals surface area contributed by atoms with Crippen molar-refractivity contribution in [3.05, 3.63) is 34.9 Å². The smallest absolute Gasteiger partial charge is 0.160 e. The normalized spacial score (nSPS) is 14.7. The SMILES string of the molecule is CC(=O)[C@@H](O)[C@H](O)Cc1ccc(Cl)cc1. The van der Waals surface area contributed by atoms with Crippen LogP contribution in [-0.2, 0) is 11.2 Å². The van der Waals surface area contributed by atoms with Crippen LogP contribution in [0.15, 0.2) is 24.3 Å². The first-order chi connectivity index (χ1) is 7.00. The van der Waals surface area contributed by atoms with Crippen LogP contribution in [0.5, 0.6) is 0 Å². The van der Waals surface area contributed by atoms with Crippen molar-refractivity contribution in [2.24, 2.45) is 0 Å². The predicted octanol–water partition coefficient (Wildman–Crippen LogP) is 1.19. The van der Waals surface area contributed by atoms with Crippen molar-refractivity contribution in [2.75, 3.05) is 0 Å². The van der Waals surface area contributed by atoms with Crippen LogP contribution >= 0.6 is 11.6 Å². The van der Waals surface area contributed by atoms with Crippen LogP contribution in [0.1, 0.15) is 12.5 Å². The van der Waals surface area contributed by atoms with Gasteiger partial charge in [-0.1, -0.05) is 23.7 Å². The molecule has 0 aliphatic rings. The van der Waals surface area contributed by atoms with E-state index in [2.05, 4.69) is 0 Å². The molecule has 0 unspecified atom stereocenters. The number of aliphatic hydroxyl groups is 2. The van der Waals surface area contributed by atoms with Crippen molar-refractivity contribution in [1.82, 2.24) is 0 Å². The molecule has 2 atom stereocenters. The van der Waals surface area contributed by atoms with Gasteiger partial charge in [0.2, 0.25) is 0 Å². The number of benzene rings is 1. The van der Waals surface area contributed by atoms with Gasteiger partial charge in [0.25, 0.3) is 0 Å². The molecular formula is C11H13ClO3. The Kier molecular flexibility index (Phi) is 4.27. The van der Waals surface area contributed by atoms with E-state index >= 15 is 0 Å². The van der Waals surface area contributed by atoms with Crippen LogP contribution in [0.25, 0.3) is 0 Å². The fourth-order valence-corrected chi connectivity index (χ4v) is 1.37. The lowest BCUT2D eigenvalue weighted by Crippen LogP contribution is -2.33. The maximum Gasteiger partial charge on any atom is 0.160 e. The minimum absolute atomic E-state index is 0.234. The first kappa shape index (κ1) is 12.2. The molecule has 0 bridgehead atoms. The highest BCUT2D eigenvalue weighted by Gasteiger charge is 2.20. The maximum atomic E-state index is 10.8. The Morgan fingerprint density at radius 2 is 1.87 bits per heavy atom. The first-order valence-corrected chi connectivity index (χ1v) is 4.99. The highest BCUT2D eigenvalue weighted by molar-refractivity contribution is 6.30. The maximum absolute atomic E-state index is 10.8. The highest BCUT2D eigenvalue weighted by atomic mass is 35.5.